The van der Waals surface area contributed by atoms with Crippen LogP contribution in [0.25, 0.3) is 0 Å². The van der Waals surface area contributed by atoms with E-state index in [2.05, 4.69) is 15.5 Å². The van der Waals surface area contributed by atoms with E-state index in [-0.39, 0.29) is 17.7 Å². The average Bonchev–Trinajstić information content (AvgIpc) is 2.44. The maximum Gasteiger partial charge on any atom is 0.234 e. The maximum atomic E-state index is 11.9. The number of rotatable bonds is 8. The van der Waals surface area contributed by atoms with Crippen molar-refractivity contribution in [2.24, 2.45) is 5.92 Å². The first-order valence-electron chi connectivity index (χ1n) is 7.43. The van der Waals surface area contributed by atoms with Gasteiger partial charge in [-0.2, -0.15) is 0 Å². The molecule has 0 bridgehead atoms. The molecule has 2 N–H and O–H groups in total. The molecule has 0 saturated carbocycles. The molecule has 1 aliphatic rings. The van der Waals surface area contributed by atoms with E-state index in [4.69, 9.17) is 4.74 Å². The Morgan fingerprint density at radius 1 is 1.25 bits per heavy atom. The number of likely N-dealkylation sites (N-methyl/N-ethyl adjacent to an activating group) is 1. The van der Waals surface area contributed by atoms with Crippen molar-refractivity contribution >= 4 is 11.8 Å². The van der Waals surface area contributed by atoms with Crippen molar-refractivity contribution < 1.29 is 14.3 Å². The summed E-state index contributed by atoms with van der Waals surface area (Å²) >= 11 is 0. The van der Waals surface area contributed by atoms with Gasteiger partial charge in [0.25, 0.3) is 0 Å². The van der Waals surface area contributed by atoms with Crippen LogP contribution in [-0.2, 0) is 14.3 Å². The summed E-state index contributed by atoms with van der Waals surface area (Å²) < 4.78 is 4.94. The molecule has 1 aliphatic heterocycles. The molecule has 116 valence electrons. The van der Waals surface area contributed by atoms with E-state index in [1.807, 2.05) is 6.92 Å². The van der Waals surface area contributed by atoms with Crippen LogP contribution < -0.4 is 10.6 Å². The van der Waals surface area contributed by atoms with Crippen LogP contribution in [0.1, 0.15) is 26.2 Å². The van der Waals surface area contributed by atoms with E-state index < -0.39 is 0 Å². The zero-order valence-electron chi connectivity index (χ0n) is 12.6. The molecule has 0 aromatic heterocycles. The number of hydrogen-bond acceptors (Lipinski definition) is 4. The molecule has 6 heteroatoms. The Balaban J connectivity index is 2.17. The molecule has 0 atom stereocenters. The highest BCUT2D eigenvalue weighted by Gasteiger charge is 2.25. The van der Waals surface area contributed by atoms with E-state index >= 15 is 0 Å². The van der Waals surface area contributed by atoms with E-state index in [1.165, 1.54) is 0 Å². The topological polar surface area (TPSA) is 70.7 Å². The van der Waals surface area contributed by atoms with E-state index in [9.17, 15) is 9.59 Å². The van der Waals surface area contributed by atoms with Crippen molar-refractivity contribution in [1.29, 1.82) is 0 Å². The summed E-state index contributed by atoms with van der Waals surface area (Å²) in [4.78, 5) is 25.5. The Hall–Kier alpha value is -1.14. The fourth-order valence-corrected chi connectivity index (χ4v) is 2.38. The number of likely N-dealkylation sites (tertiary alicyclic amines) is 1. The summed E-state index contributed by atoms with van der Waals surface area (Å²) in [5.41, 5.74) is 0. The highest BCUT2D eigenvalue weighted by atomic mass is 16.5. The minimum atomic E-state index is 0.0648. The normalized spacial score (nSPS) is 16.9. The summed E-state index contributed by atoms with van der Waals surface area (Å²) in [7, 11) is 1.66. The SMILES string of the molecule is CCNC(=O)CN1CCC(C(=O)NCCCOC)CC1. The fraction of sp³-hybridized carbons (Fsp3) is 0.857. The van der Waals surface area contributed by atoms with Crippen LogP contribution in [0.2, 0.25) is 0 Å². The molecule has 2 amide bonds. The molecular weight excluding hydrogens is 258 g/mol. The zero-order valence-corrected chi connectivity index (χ0v) is 12.6. The predicted molar refractivity (Wildman–Crippen MR) is 77.4 cm³/mol. The van der Waals surface area contributed by atoms with Gasteiger partial charge in [-0.3, -0.25) is 14.5 Å². The third-order valence-electron chi connectivity index (χ3n) is 3.52. The van der Waals surface area contributed by atoms with Crippen molar-refractivity contribution in [2.45, 2.75) is 26.2 Å². The van der Waals surface area contributed by atoms with Crippen LogP contribution >= 0.6 is 0 Å². The van der Waals surface area contributed by atoms with E-state index in [0.717, 1.165) is 32.4 Å². The molecule has 6 nitrogen and oxygen atoms in total. The number of piperidine rings is 1. The molecule has 0 spiro atoms. The van der Waals surface area contributed by atoms with Gasteiger partial charge in [0.15, 0.2) is 0 Å². The van der Waals surface area contributed by atoms with Gasteiger partial charge in [-0.25, -0.2) is 0 Å². The molecular formula is C14H27N3O3. The number of nitrogens with one attached hydrogen (secondary N) is 2. The van der Waals surface area contributed by atoms with Crippen LogP contribution in [-0.4, -0.2) is 63.2 Å². The second-order valence-corrected chi connectivity index (χ2v) is 5.14. The number of methoxy groups -OCH3 is 1. The molecule has 0 radical (unpaired) electrons. The minimum absolute atomic E-state index is 0.0648. The van der Waals surface area contributed by atoms with Crippen molar-refractivity contribution in [3.63, 3.8) is 0 Å². The van der Waals surface area contributed by atoms with E-state index in [0.29, 0.717) is 26.2 Å². The largest absolute Gasteiger partial charge is 0.385 e. The van der Waals surface area contributed by atoms with Gasteiger partial charge in [0.2, 0.25) is 11.8 Å². The number of nitrogens with zero attached hydrogens (tertiary/aromatic N) is 1. The maximum absolute atomic E-state index is 11.9. The zero-order chi connectivity index (χ0) is 14.8. The van der Waals surface area contributed by atoms with Gasteiger partial charge in [0, 0.05) is 32.7 Å². The minimum Gasteiger partial charge on any atom is -0.385 e. The summed E-state index contributed by atoms with van der Waals surface area (Å²) in [6.45, 7) is 5.99. The first-order chi connectivity index (χ1) is 9.67. The van der Waals surface area contributed by atoms with Crippen LogP contribution in [0.3, 0.4) is 0 Å². The van der Waals surface area contributed by atoms with Gasteiger partial charge in [0.05, 0.1) is 6.54 Å². The van der Waals surface area contributed by atoms with E-state index in [1.54, 1.807) is 7.11 Å². The molecule has 20 heavy (non-hydrogen) atoms. The van der Waals surface area contributed by atoms with Crippen molar-refractivity contribution in [3.05, 3.63) is 0 Å². The number of amides is 2. The lowest BCUT2D eigenvalue weighted by molar-refractivity contribution is -0.126. The molecule has 0 aliphatic carbocycles. The number of carbonyl (C=O) groups is 2. The standard InChI is InChI=1S/C14H27N3O3/c1-3-15-13(18)11-17-8-5-12(6-9-17)14(19)16-7-4-10-20-2/h12H,3-11H2,1-2H3,(H,15,18)(H,16,19). The van der Waals surface area contributed by atoms with Gasteiger partial charge in [-0.05, 0) is 39.3 Å². The lowest BCUT2D eigenvalue weighted by Gasteiger charge is -2.30. The first kappa shape index (κ1) is 16.9. The highest BCUT2D eigenvalue weighted by molar-refractivity contribution is 5.79. The summed E-state index contributed by atoms with van der Waals surface area (Å²) in [5.74, 6) is 0.289. The average molecular weight is 285 g/mol. The fourth-order valence-electron chi connectivity index (χ4n) is 2.38. The summed E-state index contributed by atoms with van der Waals surface area (Å²) in [6.07, 6.45) is 2.50. The second kappa shape index (κ2) is 9.72. The van der Waals surface area contributed by atoms with Crippen LogP contribution in [0.5, 0.6) is 0 Å². The third kappa shape index (κ3) is 6.34. The lowest BCUT2D eigenvalue weighted by Crippen LogP contribution is -2.44. The Kier molecular flexibility index (Phi) is 8.22. The Labute approximate surface area is 121 Å². The predicted octanol–water partition coefficient (Wildman–Crippen LogP) is -0.0128. The lowest BCUT2D eigenvalue weighted by atomic mass is 9.96. The summed E-state index contributed by atoms with van der Waals surface area (Å²) in [5, 5.41) is 5.74. The molecule has 1 heterocycles. The van der Waals surface area contributed by atoms with Crippen molar-refractivity contribution in [3.8, 4) is 0 Å². The number of hydrogen-bond donors (Lipinski definition) is 2. The Bertz CT molecular complexity index is 302. The first-order valence-corrected chi connectivity index (χ1v) is 7.43. The molecule has 0 aromatic carbocycles. The quantitative estimate of drug-likeness (QED) is 0.615. The van der Waals surface area contributed by atoms with Gasteiger partial charge >= 0.3 is 0 Å². The van der Waals surface area contributed by atoms with Gasteiger partial charge in [-0.15, -0.1) is 0 Å². The molecule has 0 unspecified atom stereocenters. The molecule has 0 aromatic rings. The molecule has 1 saturated heterocycles. The smallest absolute Gasteiger partial charge is 0.234 e. The van der Waals surface area contributed by atoms with Crippen molar-refractivity contribution in [2.75, 3.05) is 46.4 Å². The second-order valence-electron chi connectivity index (χ2n) is 5.14. The van der Waals surface area contributed by atoms with Crippen molar-refractivity contribution in [1.82, 2.24) is 15.5 Å². The third-order valence-corrected chi connectivity index (χ3v) is 3.52. The van der Waals surface area contributed by atoms with Gasteiger partial charge < -0.3 is 15.4 Å². The van der Waals surface area contributed by atoms with Gasteiger partial charge in [-0.1, -0.05) is 0 Å². The van der Waals surface area contributed by atoms with Crippen LogP contribution in [0, 0.1) is 5.92 Å². The summed E-state index contributed by atoms with van der Waals surface area (Å²) in [6, 6.07) is 0. The highest BCUT2D eigenvalue weighted by Crippen LogP contribution is 2.16. The van der Waals surface area contributed by atoms with Crippen LogP contribution in [0.15, 0.2) is 0 Å². The number of ether oxygens (including phenoxy) is 1. The molecule has 1 fully saturated rings. The monoisotopic (exact) mass is 285 g/mol. The molecule has 1 rings (SSSR count). The number of carbonyl (C=O) groups excluding carboxylic acids is 2. The Morgan fingerprint density at radius 2 is 1.95 bits per heavy atom. The van der Waals surface area contributed by atoms with Crippen LogP contribution in [0.4, 0.5) is 0 Å². The van der Waals surface area contributed by atoms with Gasteiger partial charge in [0.1, 0.15) is 0 Å². The Morgan fingerprint density at radius 3 is 2.55 bits per heavy atom.